The first-order chi connectivity index (χ1) is 8.59. The van der Waals surface area contributed by atoms with Crippen LogP contribution in [-0.2, 0) is 4.79 Å². The molecular formula is C13H16N2O3. The first kappa shape index (κ1) is 12.5. The van der Waals surface area contributed by atoms with Crippen LogP contribution in [0.25, 0.3) is 0 Å². The molecule has 0 saturated heterocycles. The molecule has 0 radical (unpaired) electrons. The molecule has 5 nitrogen and oxygen atoms in total. The van der Waals surface area contributed by atoms with Crippen molar-refractivity contribution in [2.45, 2.75) is 31.7 Å². The topological polar surface area (TPSA) is 70.5 Å². The van der Waals surface area contributed by atoms with Gasteiger partial charge in [-0.15, -0.1) is 0 Å². The summed E-state index contributed by atoms with van der Waals surface area (Å²) in [7, 11) is 1.71. The summed E-state index contributed by atoms with van der Waals surface area (Å²) in [5, 5.41) is 9.61. The Balaban J connectivity index is 2.09. The maximum atomic E-state index is 12.2. The van der Waals surface area contributed by atoms with Crippen LogP contribution in [0.5, 0.6) is 5.75 Å². The van der Waals surface area contributed by atoms with Crippen molar-refractivity contribution < 1.29 is 14.7 Å². The summed E-state index contributed by atoms with van der Waals surface area (Å²) < 4.78 is 0. The van der Waals surface area contributed by atoms with Gasteiger partial charge in [0.15, 0.2) is 0 Å². The van der Waals surface area contributed by atoms with Gasteiger partial charge in [0.25, 0.3) is 5.91 Å². The van der Waals surface area contributed by atoms with E-state index in [0.29, 0.717) is 25.7 Å². The number of carbonyl (C=O) groups is 2. The Kier molecular flexibility index (Phi) is 3.60. The summed E-state index contributed by atoms with van der Waals surface area (Å²) in [5.41, 5.74) is 0.254. The third-order valence-corrected chi connectivity index (χ3v) is 3.41. The van der Waals surface area contributed by atoms with Gasteiger partial charge in [-0.2, -0.15) is 0 Å². The van der Waals surface area contributed by atoms with Crippen molar-refractivity contribution in [3.05, 3.63) is 24.0 Å². The minimum Gasteiger partial charge on any atom is -0.505 e. The summed E-state index contributed by atoms with van der Waals surface area (Å²) in [4.78, 5) is 28.7. The van der Waals surface area contributed by atoms with E-state index < -0.39 is 0 Å². The fourth-order valence-electron chi connectivity index (χ4n) is 2.23. The third-order valence-electron chi connectivity index (χ3n) is 3.41. The second-order valence-corrected chi connectivity index (χ2v) is 4.58. The summed E-state index contributed by atoms with van der Waals surface area (Å²) in [6.07, 6.45) is 5.20. The van der Waals surface area contributed by atoms with Gasteiger partial charge in [0.05, 0.1) is 11.8 Å². The van der Waals surface area contributed by atoms with Crippen LogP contribution in [0.2, 0.25) is 0 Å². The molecule has 1 amide bonds. The van der Waals surface area contributed by atoms with Crippen LogP contribution in [-0.4, -0.2) is 39.8 Å². The molecule has 1 aliphatic carbocycles. The van der Waals surface area contributed by atoms with Gasteiger partial charge < -0.3 is 10.0 Å². The highest BCUT2D eigenvalue weighted by molar-refractivity contribution is 5.96. The van der Waals surface area contributed by atoms with Crippen molar-refractivity contribution in [3.63, 3.8) is 0 Å². The first-order valence-electron chi connectivity index (χ1n) is 6.01. The highest BCUT2D eigenvalue weighted by Crippen LogP contribution is 2.23. The monoisotopic (exact) mass is 248 g/mol. The zero-order chi connectivity index (χ0) is 13.1. The number of pyridine rings is 1. The summed E-state index contributed by atoms with van der Waals surface area (Å²) in [5.74, 6) is -0.0747. The molecular weight excluding hydrogens is 232 g/mol. The molecule has 2 rings (SSSR count). The zero-order valence-corrected chi connectivity index (χ0v) is 10.3. The molecule has 1 aromatic heterocycles. The van der Waals surface area contributed by atoms with Gasteiger partial charge in [0, 0.05) is 32.1 Å². The maximum absolute atomic E-state index is 12.2. The van der Waals surface area contributed by atoms with Crippen LogP contribution in [0.4, 0.5) is 0 Å². The number of rotatable bonds is 2. The normalized spacial score (nSPS) is 16.6. The summed E-state index contributed by atoms with van der Waals surface area (Å²) in [6, 6.07) is 1.57. The van der Waals surface area contributed by atoms with Gasteiger partial charge in [-0.25, -0.2) is 0 Å². The number of ketones is 1. The Morgan fingerprint density at radius 1 is 1.44 bits per heavy atom. The Labute approximate surface area is 105 Å². The summed E-state index contributed by atoms with van der Waals surface area (Å²) in [6.45, 7) is 0. The number of aromatic nitrogens is 1. The molecule has 0 aliphatic heterocycles. The molecule has 0 unspecified atom stereocenters. The fraction of sp³-hybridized carbons (Fsp3) is 0.462. The quantitative estimate of drug-likeness (QED) is 0.858. The molecule has 0 aromatic carbocycles. The van der Waals surface area contributed by atoms with E-state index in [2.05, 4.69) is 4.98 Å². The average molecular weight is 248 g/mol. The van der Waals surface area contributed by atoms with Gasteiger partial charge in [-0.1, -0.05) is 0 Å². The molecule has 1 saturated carbocycles. The molecule has 0 atom stereocenters. The molecule has 1 fully saturated rings. The van der Waals surface area contributed by atoms with Gasteiger partial charge in [0.1, 0.15) is 11.5 Å². The predicted octanol–water partition coefficient (Wildman–Crippen LogP) is 1.37. The second-order valence-electron chi connectivity index (χ2n) is 4.58. The number of carbonyl (C=O) groups excluding carboxylic acids is 2. The van der Waals surface area contributed by atoms with Crippen molar-refractivity contribution in [1.29, 1.82) is 0 Å². The molecule has 1 heterocycles. The van der Waals surface area contributed by atoms with Gasteiger partial charge in [0.2, 0.25) is 0 Å². The zero-order valence-electron chi connectivity index (χ0n) is 10.3. The van der Waals surface area contributed by atoms with E-state index in [4.69, 9.17) is 0 Å². The minimum atomic E-state index is -0.228. The van der Waals surface area contributed by atoms with Crippen LogP contribution in [0.15, 0.2) is 18.5 Å². The molecule has 18 heavy (non-hydrogen) atoms. The van der Waals surface area contributed by atoms with Gasteiger partial charge >= 0.3 is 0 Å². The smallest absolute Gasteiger partial charge is 0.257 e. The van der Waals surface area contributed by atoms with Gasteiger partial charge in [-0.3, -0.25) is 14.6 Å². The standard InChI is InChI=1S/C13H16N2O3/c1-15(9-2-4-10(16)5-3-9)13(18)11-6-7-14-8-12(11)17/h6-9,17H,2-5H2,1H3. The molecule has 5 heteroatoms. The second kappa shape index (κ2) is 5.16. The Morgan fingerprint density at radius 2 is 2.11 bits per heavy atom. The number of aromatic hydroxyl groups is 1. The van der Waals surface area contributed by atoms with Crippen molar-refractivity contribution >= 4 is 11.7 Å². The van der Waals surface area contributed by atoms with Crippen LogP contribution >= 0.6 is 0 Å². The Morgan fingerprint density at radius 3 is 2.72 bits per heavy atom. The van der Waals surface area contributed by atoms with E-state index in [1.54, 1.807) is 11.9 Å². The number of hydrogen-bond acceptors (Lipinski definition) is 4. The molecule has 1 aliphatic rings. The molecule has 1 aromatic rings. The maximum Gasteiger partial charge on any atom is 0.257 e. The predicted molar refractivity (Wildman–Crippen MR) is 65.3 cm³/mol. The fourth-order valence-corrected chi connectivity index (χ4v) is 2.23. The lowest BCUT2D eigenvalue weighted by Gasteiger charge is -2.30. The van der Waals surface area contributed by atoms with Crippen LogP contribution in [0.1, 0.15) is 36.0 Å². The van der Waals surface area contributed by atoms with E-state index in [1.165, 1.54) is 18.5 Å². The lowest BCUT2D eigenvalue weighted by Crippen LogP contribution is -2.39. The van der Waals surface area contributed by atoms with E-state index in [-0.39, 0.29) is 29.0 Å². The molecule has 96 valence electrons. The van der Waals surface area contributed by atoms with E-state index in [9.17, 15) is 14.7 Å². The minimum absolute atomic E-state index is 0.0720. The highest BCUT2D eigenvalue weighted by atomic mass is 16.3. The van der Waals surface area contributed by atoms with Crippen molar-refractivity contribution in [2.75, 3.05) is 7.05 Å². The Hall–Kier alpha value is -1.91. The highest BCUT2D eigenvalue weighted by Gasteiger charge is 2.26. The van der Waals surface area contributed by atoms with Crippen molar-refractivity contribution in [1.82, 2.24) is 9.88 Å². The lowest BCUT2D eigenvalue weighted by atomic mass is 9.93. The van der Waals surface area contributed by atoms with E-state index in [0.717, 1.165) is 0 Å². The summed E-state index contributed by atoms with van der Waals surface area (Å²) >= 11 is 0. The SMILES string of the molecule is CN(C(=O)c1ccncc1O)C1CCC(=O)CC1. The van der Waals surface area contributed by atoms with Crippen LogP contribution < -0.4 is 0 Å². The lowest BCUT2D eigenvalue weighted by molar-refractivity contribution is -0.121. The number of Topliss-reactive ketones (excluding diaryl/α,β-unsaturated/α-hetero) is 1. The average Bonchev–Trinajstić information content (AvgIpc) is 2.38. The largest absolute Gasteiger partial charge is 0.505 e. The van der Waals surface area contributed by atoms with Crippen molar-refractivity contribution in [3.8, 4) is 5.75 Å². The van der Waals surface area contributed by atoms with Crippen molar-refractivity contribution in [2.24, 2.45) is 0 Å². The number of nitrogens with zero attached hydrogens (tertiary/aromatic N) is 2. The third kappa shape index (κ3) is 2.50. The van der Waals surface area contributed by atoms with E-state index in [1.807, 2.05) is 0 Å². The van der Waals surface area contributed by atoms with Crippen LogP contribution in [0, 0.1) is 0 Å². The van der Waals surface area contributed by atoms with Crippen LogP contribution in [0.3, 0.4) is 0 Å². The molecule has 0 bridgehead atoms. The molecule has 1 N–H and O–H groups in total. The van der Waals surface area contributed by atoms with E-state index >= 15 is 0 Å². The number of amides is 1. The van der Waals surface area contributed by atoms with Gasteiger partial charge in [-0.05, 0) is 18.9 Å². The Bertz CT molecular complexity index is 463. The number of hydrogen-bond donors (Lipinski definition) is 1. The first-order valence-corrected chi connectivity index (χ1v) is 6.01. The molecule has 0 spiro atoms.